The highest BCUT2D eigenvalue weighted by Crippen LogP contribution is 2.15. The zero-order valence-corrected chi connectivity index (χ0v) is 13.6. The minimum absolute atomic E-state index is 0.0315. The number of carbonyl (C=O) groups is 1. The van der Waals surface area contributed by atoms with Crippen molar-refractivity contribution >= 4 is 15.9 Å². The van der Waals surface area contributed by atoms with Gasteiger partial charge in [-0.1, -0.05) is 0 Å². The number of nitrogens with zero attached hydrogens (tertiary/aromatic N) is 1. The summed E-state index contributed by atoms with van der Waals surface area (Å²) in [6.07, 6.45) is 3.22. The number of ether oxygens (including phenoxy) is 1. The van der Waals surface area contributed by atoms with Crippen LogP contribution in [0.3, 0.4) is 0 Å². The minimum atomic E-state index is -3.55. The molecule has 0 atom stereocenters. The van der Waals surface area contributed by atoms with Gasteiger partial charge in [0.25, 0.3) is 5.91 Å². The summed E-state index contributed by atoms with van der Waals surface area (Å²) in [5.74, 6) is -0.0315. The first-order chi connectivity index (χ1) is 10.5. The highest BCUT2D eigenvalue weighted by atomic mass is 32.2. The second-order valence-corrected chi connectivity index (χ2v) is 7.03. The Kier molecular flexibility index (Phi) is 5.93. The molecule has 0 aliphatic carbocycles. The Morgan fingerprint density at radius 3 is 2.41 bits per heavy atom. The van der Waals surface area contributed by atoms with Gasteiger partial charge in [0.15, 0.2) is 0 Å². The van der Waals surface area contributed by atoms with E-state index in [4.69, 9.17) is 4.74 Å². The van der Waals surface area contributed by atoms with Gasteiger partial charge < -0.3 is 9.64 Å². The first-order valence-corrected chi connectivity index (χ1v) is 8.91. The Hall–Kier alpha value is -1.44. The van der Waals surface area contributed by atoms with E-state index >= 15 is 0 Å². The number of rotatable bonds is 6. The van der Waals surface area contributed by atoms with E-state index in [0.29, 0.717) is 12.2 Å². The van der Waals surface area contributed by atoms with Gasteiger partial charge in [0.2, 0.25) is 10.0 Å². The van der Waals surface area contributed by atoms with Crippen molar-refractivity contribution in [2.45, 2.75) is 24.2 Å². The number of hydrogen-bond donors (Lipinski definition) is 1. The molecule has 1 saturated heterocycles. The molecular formula is C15H22N2O4S. The van der Waals surface area contributed by atoms with Crippen LogP contribution in [0.2, 0.25) is 0 Å². The van der Waals surface area contributed by atoms with Crippen LogP contribution in [0, 0.1) is 0 Å². The molecule has 6 nitrogen and oxygen atoms in total. The number of hydrogen-bond acceptors (Lipinski definition) is 4. The highest BCUT2D eigenvalue weighted by molar-refractivity contribution is 7.89. The molecule has 1 heterocycles. The second-order valence-electron chi connectivity index (χ2n) is 5.27. The summed E-state index contributed by atoms with van der Waals surface area (Å²) in [5, 5.41) is 0. The Bertz CT molecular complexity index is 592. The zero-order chi connectivity index (χ0) is 16.0. The van der Waals surface area contributed by atoms with Crippen molar-refractivity contribution in [3.63, 3.8) is 0 Å². The molecule has 0 bridgehead atoms. The number of likely N-dealkylation sites (tertiary alicyclic amines) is 1. The average Bonchev–Trinajstić information content (AvgIpc) is 2.55. The number of sulfonamides is 1. The molecule has 1 amide bonds. The zero-order valence-electron chi connectivity index (χ0n) is 12.7. The summed E-state index contributed by atoms with van der Waals surface area (Å²) in [4.78, 5) is 14.3. The number of amides is 1. The van der Waals surface area contributed by atoms with Crippen LogP contribution in [0.1, 0.15) is 29.6 Å². The Balaban J connectivity index is 2.04. The maximum Gasteiger partial charge on any atom is 0.253 e. The predicted molar refractivity (Wildman–Crippen MR) is 83.3 cm³/mol. The highest BCUT2D eigenvalue weighted by Gasteiger charge is 2.19. The van der Waals surface area contributed by atoms with Gasteiger partial charge in [0, 0.05) is 32.3 Å². The first-order valence-electron chi connectivity index (χ1n) is 7.42. The number of benzene rings is 1. The lowest BCUT2D eigenvalue weighted by atomic mass is 10.1. The van der Waals surface area contributed by atoms with Crippen molar-refractivity contribution in [3.8, 4) is 0 Å². The molecule has 0 saturated carbocycles. The molecule has 0 aromatic heterocycles. The lowest BCUT2D eigenvalue weighted by Gasteiger charge is -2.26. The van der Waals surface area contributed by atoms with Crippen LogP contribution < -0.4 is 4.72 Å². The van der Waals surface area contributed by atoms with Gasteiger partial charge in [-0.15, -0.1) is 0 Å². The van der Waals surface area contributed by atoms with Crippen molar-refractivity contribution in [2.24, 2.45) is 0 Å². The summed E-state index contributed by atoms with van der Waals surface area (Å²) >= 11 is 0. The van der Waals surface area contributed by atoms with Crippen LogP contribution in [-0.2, 0) is 14.8 Å². The second kappa shape index (κ2) is 7.71. The van der Waals surface area contributed by atoms with Gasteiger partial charge in [-0.2, -0.15) is 0 Å². The fourth-order valence-electron chi connectivity index (χ4n) is 2.42. The summed E-state index contributed by atoms with van der Waals surface area (Å²) in [7, 11) is -2.05. The Labute approximate surface area is 131 Å². The molecule has 7 heteroatoms. The molecule has 1 fully saturated rings. The van der Waals surface area contributed by atoms with E-state index in [1.54, 1.807) is 12.1 Å². The third kappa shape index (κ3) is 4.28. The summed E-state index contributed by atoms with van der Waals surface area (Å²) in [6, 6.07) is 6.07. The Morgan fingerprint density at radius 1 is 1.18 bits per heavy atom. The minimum Gasteiger partial charge on any atom is -0.383 e. The van der Waals surface area contributed by atoms with E-state index in [2.05, 4.69) is 4.72 Å². The lowest BCUT2D eigenvalue weighted by molar-refractivity contribution is 0.0724. The molecule has 22 heavy (non-hydrogen) atoms. The monoisotopic (exact) mass is 326 g/mol. The third-order valence-corrected chi connectivity index (χ3v) is 5.13. The molecule has 1 aromatic carbocycles. The van der Waals surface area contributed by atoms with E-state index in [1.165, 1.54) is 19.2 Å². The van der Waals surface area contributed by atoms with Crippen LogP contribution in [-0.4, -0.2) is 52.6 Å². The predicted octanol–water partition coefficient (Wildman–Crippen LogP) is 1.24. The molecule has 1 aromatic rings. The average molecular weight is 326 g/mol. The van der Waals surface area contributed by atoms with Crippen LogP contribution in [0.5, 0.6) is 0 Å². The number of nitrogens with one attached hydrogen (secondary N) is 1. The molecule has 2 rings (SSSR count). The topological polar surface area (TPSA) is 75.7 Å². The van der Waals surface area contributed by atoms with Crippen LogP contribution in [0.4, 0.5) is 0 Å². The molecule has 1 aliphatic heterocycles. The molecule has 122 valence electrons. The number of piperidine rings is 1. The van der Waals surface area contributed by atoms with E-state index in [9.17, 15) is 13.2 Å². The SMILES string of the molecule is COCCNS(=O)(=O)c1ccc(C(=O)N2CCCCC2)cc1. The number of methoxy groups -OCH3 is 1. The van der Waals surface area contributed by atoms with Crippen molar-refractivity contribution in [2.75, 3.05) is 33.4 Å². The van der Waals surface area contributed by atoms with E-state index in [0.717, 1.165) is 32.4 Å². The summed E-state index contributed by atoms with van der Waals surface area (Å²) in [6.45, 7) is 2.08. The summed E-state index contributed by atoms with van der Waals surface area (Å²) in [5.41, 5.74) is 0.526. The first kappa shape index (κ1) is 16.9. The fraction of sp³-hybridized carbons (Fsp3) is 0.533. The largest absolute Gasteiger partial charge is 0.383 e. The van der Waals surface area contributed by atoms with Gasteiger partial charge in [-0.25, -0.2) is 13.1 Å². The van der Waals surface area contributed by atoms with Crippen molar-refractivity contribution in [1.82, 2.24) is 9.62 Å². The van der Waals surface area contributed by atoms with Crippen LogP contribution in [0.25, 0.3) is 0 Å². The molecule has 0 radical (unpaired) electrons. The van der Waals surface area contributed by atoms with Gasteiger partial charge >= 0.3 is 0 Å². The van der Waals surface area contributed by atoms with Gasteiger partial charge in [-0.3, -0.25) is 4.79 Å². The molecule has 1 N–H and O–H groups in total. The van der Waals surface area contributed by atoms with Crippen molar-refractivity contribution in [1.29, 1.82) is 0 Å². The van der Waals surface area contributed by atoms with Crippen molar-refractivity contribution < 1.29 is 17.9 Å². The smallest absolute Gasteiger partial charge is 0.253 e. The van der Waals surface area contributed by atoms with Crippen LogP contribution >= 0.6 is 0 Å². The fourth-order valence-corrected chi connectivity index (χ4v) is 3.43. The molecular weight excluding hydrogens is 304 g/mol. The number of carbonyl (C=O) groups excluding carboxylic acids is 1. The van der Waals surface area contributed by atoms with Gasteiger partial charge in [-0.05, 0) is 43.5 Å². The van der Waals surface area contributed by atoms with Crippen molar-refractivity contribution in [3.05, 3.63) is 29.8 Å². The lowest BCUT2D eigenvalue weighted by Crippen LogP contribution is -2.35. The molecule has 0 unspecified atom stereocenters. The van der Waals surface area contributed by atoms with Crippen LogP contribution in [0.15, 0.2) is 29.2 Å². The maximum atomic E-state index is 12.3. The van der Waals surface area contributed by atoms with E-state index < -0.39 is 10.0 Å². The van der Waals surface area contributed by atoms with E-state index in [1.807, 2.05) is 4.90 Å². The molecule has 0 spiro atoms. The third-order valence-electron chi connectivity index (χ3n) is 3.65. The van der Waals surface area contributed by atoms with Gasteiger partial charge in [0.05, 0.1) is 11.5 Å². The van der Waals surface area contributed by atoms with Gasteiger partial charge in [0.1, 0.15) is 0 Å². The normalized spacial score (nSPS) is 15.8. The quantitative estimate of drug-likeness (QED) is 0.798. The Morgan fingerprint density at radius 2 is 1.82 bits per heavy atom. The maximum absolute atomic E-state index is 12.3. The summed E-state index contributed by atoms with van der Waals surface area (Å²) < 4.78 is 31.3. The van der Waals surface area contributed by atoms with E-state index in [-0.39, 0.29) is 17.3 Å². The standard InChI is InChI=1S/C15H22N2O4S/c1-21-12-9-16-22(19,20)14-7-5-13(6-8-14)15(18)17-10-3-2-4-11-17/h5-8,16H,2-4,9-12H2,1H3. The molecule has 1 aliphatic rings.